The Kier molecular flexibility index (Phi) is 3.13. The Morgan fingerprint density at radius 3 is 2.43 bits per heavy atom. The van der Waals surface area contributed by atoms with Crippen LogP contribution in [-0.2, 0) is 6.42 Å². The zero-order valence-corrected chi connectivity index (χ0v) is 9.37. The van der Waals surface area contributed by atoms with E-state index in [0.29, 0.717) is 17.2 Å². The van der Waals surface area contributed by atoms with Gasteiger partial charge in [0.05, 0.1) is 0 Å². The predicted octanol–water partition coefficient (Wildman–Crippen LogP) is 2.27. The van der Waals surface area contributed by atoms with Gasteiger partial charge < -0.3 is 10.2 Å². The van der Waals surface area contributed by atoms with Crippen LogP contribution in [0.15, 0.2) is 4.42 Å². The highest BCUT2D eigenvalue weighted by molar-refractivity contribution is 5.04. The quantitative estimate of drug-likeness (QED) is 0.807. The van der Waals surface area contributed by atoms with E-state index in [-0.39, 0.29) is 6.01 Å². The molecule has 0 spiro atoms. The maximum atomic E-state index is 5.34. The molecule has 0 aliphatic heterocycles. The van der Waals surface area contributed by atoms with Crippen LogP contribution in [0.5, 0.6) is 0 Å². The van der Waals surface area contributed by atoms with Crippen molar-refractivity contribution in [3.63, 3.8) is 0 Å². The largest absolute Gasteiger partial charge is 0.408 e. The molecule has 0 bridgehead atoms. The monoisotopic (exact) mass is 197 g/mol. The van der Waals surface area contributed by atoms with Crippen molar-refractivity contribution in [3.8, 4) is 0 Å². The summed E-state index contributed by atoms with van der Waals surface area (Å²) in [7, 11) is 0. The Labute approximate surface area is 84.9 Å². The average Bonchev–Trinajstić information content (AvgIpc) is 2.30. The smallest absolute Gasteiger partial charge is 0.312 e. The highest BCUT2D eigenvalue weighted by atomic mass is 16.4. The van der Waals surface area contributed by atoms with Gasteiger partial charge in [0, 0.05) is 6.42 Å². The minimum absolute atomic E-state index is 0.156. The Bertz CT molecular complexity index is 288. The van der Waals surface area contributed by atoms with Crippen LogP contribution >= 0.6 is 0 Å². The maximum Gasteiger partial charge on any atom is 0.312 e. The molecule has 0 amide bonds. The van der Waals surface area contributed by atoms with Crippen molar-refractivity contribution >= 4 is 6.01 Å². The first-order chi connectivity index (χ1) is 6.37. The lowest BCUT2D eigenvalue weighted by molar-refractivity contribution is 0.294. The van der Waals surface area contributed by atoms with Crippen molar-refractivity contribution in [2.24, 2.45) is 11.3 Å². The molecule has 0 saturated carbocycles. The Morgan fingerprint density at radius 1 is 1.36 bits per heavy atom. The summed E-state index contributed by atoms with van der Waals surface area (Å²) in [5.41, 5.74) is 5.68. The first-order valence-corrected chi connectivity index (χ1v) is 4.95. The van der Waals surface area contributed by atoms with Gasteiger partial charge in [0.1, 0.15) is 0 Å². The number of nitrogens with zero attached hydrogens (tertiary/aromatic N) is 2. The van der Waals surface area contributed by atoms with Crippen LogP contribution < -0.4 is 5.73 Å². The summed E-state index contributed by atoms with van der Waals surface area (Å²) >= 11 is 0. The van der Waals surface area contributed by atoms with Crippen molar-refractivity contribution in [2.75, 3.05) is 5.73 Å². The SMILES string of the molecule is CC(Cc1nnc(N)o1)CC(C)(C)C. The summed E-state index contributed by atoms with van der Waals surface area (Å²) in [6.07, 6.45) is 1.94. The predicted molar refractivity (Wildman–Crippen MR) is 55.7 cm³/mol. The second-order valence-corrected chi connectivity index (χ2v) is 5.11. The molecule has 0 aromatic carbocycles. The van der Waals surface area contributed by atoms with Crippen LogP contribution in [-0.4, -0.2) is 10.2 Å². The van der Waals surface area contributed by atoms with Gasteiger partial charge in [0.15, 0.2) is 0 Å². The van der Waals surface area contributed by atoms with Crippen molar-refractivity contribution in [3.05, 3.63) is 5.89 Å². The summed E-state index contributed by atoms with van der Waals surface area (Å²) in [4.78, 5) is 0. The summed E-state index contributed by atoms with van der Waals surface area (Å²) in [5, 5.41) is 7.47. The van der Waals surface area contributed by atoms with Crippen LogP contribution in [0.3, 0.4) is 0 Å². The second kappa shape index (κ2) is 3.98. The van der Waals surface area contributed by atoms with E-state index in [2.05, 4.69) is 37.9 Å². The third-order valence-electron chi connectivity index (χ3n) is 1.97. The molecule has 1 heterocycles. The number of aromatic nitrogens is 2. The molecule has 14 heavy (non-hydrogen) atoms. The minimum atomic E-state index is 0.156. The van der Waals surface area contributed by atoms with E-state index in [1.165, 1.54) is 0 Å². The number of anilines is 1. The van der Waals surface area contributed by atoms with Gasteiger partial charge in [-0.15, -0.1) is 5.10 Å². The molecule has 0 aliphatic carbocycles. The molecule has 1 unspecified atom stereocenters. The third-order valence-corrected chi connectivity index (χ3v) is 1.97. The van der Waals surface area contributed by atoms with Crippen LogP contribution in [0.2, 0.25) is 0 Å². The molecule has 1 atom stereocenters. The van der Waals surface area contributed by atoms with E-state index in [9.17, 15) is 0 Å². The first-order valence-electron chi connectivity index (χ1n) is 4.95. The van der Waals surface area contributed by atoms with Gasteiger partial charge in [-0.3, -0.25) is 0 Å². The fourth-order valence-electron chi connectivity index (χ4n) is 1.76. The third kappa shape index (κ3) is 3.77. The summed E-state index contributed by atoms with van der Waals surface area (Å²) in [6, 6.07) is 0.156. The zero-order chi connectivity index (χ0) is 10.8. The normalized spacial score (nSPS) is 14.3. The standard InChI is InChI=1S/C10H19N3O/c1-7(6-10(2,3)4)5-8-12-13-9(11)14-8/h7H,5-6H2,1-4H3,(H2,11,13). The summed E-state index contributed by atoms with van der Waals surface area (Å²) in [6.45, 7) is 8.87. The van der Waals surface area contributed by atoms with Crippen LogP contribution in [0.1, 0.15) is 40.0 Å². The molecule has 4 heteroatoms. The van der Waals surface area contributed by atoms with Gasteiger partial charge in [-0.25, -0.2) is 0 Å². The Balaban J connectivity index is 2.45. The molecule has 0 saturated heterocycles. The molecule has 2 N–H and O–H groups in total. The number of nitrogens with two attached hydrogens (primary N) is 1. The van der Waals surface area contributed by atoms with Crippen molar-refractivity contribution < 1.29 is 4.42 Å². The van der Waals surface area contributed by atoms with Gasteiger partial charge in [0.2, 0.25) is 5.89 Å². The van der Waals surface area contributed by atoms with E-state index in [1.54, 1.807) is 0 Å². The maximum absolute atomic E-state index is 5.34. The summed E-state index contributed by atoms with van der Waals surface area (Å²) < 4.78 is 5.12. The van der Waals surface area contributed by atoms with Gasteiger partial charge in [0.25, 0.3) is 0 Å². The minimum Gasteiger partial charge on any atom is -0.408 e. The number of hydrogen-bond donors (Lipinski definition) is 1. The lowest BCUT2D eigenvalue weighted by atomic mass is 9.84. The van der Waals surface area contributed by atoms with E-state index < -0.39 is 0 Å². The topological polar surface area (TPSA) is 64.9 Å². The summed E-state index contributed by atoms with van der Waals surface area (Å²) in [5.74, 6) is 1.18. The van der Waals surface area contributed by atoms with Crippen molar-refractivity contribution in [2.45, 2.75) is 40.5 Å². The zero-order valence-electron chi connectivity index (χ0n) is 9.37. The van der Waals surface area contributed by atoms with Gasteiger partial charge in [-0.1, -0.05) is 32.8 Å². The number of hydrogen-bond acceptors (Lipinski definition) is 4. The molecule has 0 radical (unpaired) electrons. The average molecular weight is 197 g/mol. The van der Waals surface area contributed by atoms with Crippen LogP contribution in [0.25, 0.3) is 0 Å². The Hall–Kier alpha value is -1.06. The van der Waals surface area contributed by atoms with Gasteiger partial charge >= 0.3 is 6.01 Å². The lowest BCUT2D eigenvalue weighted by Gasteiger charge is -2.22. The fraction of sp³-hybridized carbons (Fsp3) is 0.800. The molecule has 80 valence electrons. The molecule has 1 aromatic heterocycles. The fourth-order valence-corrected chi connectivity index (χ4v) is 1.76. The van der Waals surface area contributed by atoms with Crippen molar-refractivity contribution in [1.29, 1.82) is 0 Å². The highest BCUT2D eigenvalue weighted by Gasteiger charge is 2.17. The molecule has 0 fully saturated rings. The number of rotatable bonds is 3. The number of nitrogen functional groups attached to an aromatic ring is 1. The van der Waals surface area contributed by atoms with Crippen LogP contribution in [0.4, 0.5) is 6.01 Å². The Morgan fingerprint density at radius 2 is 2.00 bits per heavy atom. The van der Waals surface area contributed by atoms with Crippen LogP contribution in [0, 0.1) is 11.3 Å². The van der Waals surface area contributed by atoms with Gasteiger partial charge in [-0.2, -0.15) is 0 Å². The van der Waals surface area contributed by atoms with E-state index in [0.717, 1.165) is 12.8 Å². The molecule has 0 aliphatic rings. The van der Waals surface area contributed by atoms with Crippen molar-refractivity contribution in [1.82, 2.24) is 10.2 Å². The van der Waals surface area contributed by atoms with E-state index in [1.807, 2.05) is 0 Å². The molecular formula is C10H19N3O. The lowest BCUT2D eigenvalue weighted by Crippen LogP contribution is -2.12. The van der Waals surface area contributed by atoms with Gasteiger partial charge in [-0.05, 0) is 17.8 Å². The highest BCUT2D eigenvalue weighted by Crippen LogP contribution is 2.26. The molecule has 4 nitrogen and oxygen atoms in total. The molecule has 1 rings (SSSR count). The van der Waals surface area contributed by atoms with E-state index >= 15 is 0 Å². The molecule has 1 aromatic rings. The van der Waals surface area contributed by atoms with E-state index in [4.69, 9.17) is 10.2 Å². The first kappa shape index (κ1) is 11.0. The second-order valence-electron chi connectivity index (χ2n) is 5.11. The molecular weight excluding hydrogens is 178 g/mol.